The number of carbonyl (C=O) groups is 3. The van der Waals surface area contributed by atoms with E-state index >= 15 is 0 Å². The van der Waals surface area contributed by atoms with Gasteiger partial charge in [-0.2, -0.15) is 0 Å². The van der Waals surface area contributed by atoms with E-state index < -0.39 is 30.5 Å². The van der Waals surface area contributed by atoms with Gasteiger partial charge in [0.25, 0.3) is 5.91 Å². The van der Waals surface area contributed by atoms with E-state index in [-0.39, 0.29) is 34.2 Å². The zero-order valence-electron chi connectivity index (χ0n) is 14.9. The topological polar surface area (TPSA) is 108 Å². The molecule has 0 fully saturated rings. The standard InChI is InChI=1S/C18H14ClFN2O6S/c1-26-7-14(23)27-8-28-16(13-3-2-4-29-13)15-9-5-11(20)10(19)6-12(9)22(17(15)24)18(21)25/h2-6H,7-8H2,1H3,(H2,21,25)/b16-15+. The number of esters is 1. The fourth-order valence-electron chi connectivity index (χ4n) is 2.68. The minimum Gasteiger partial charge on any atom is -0.455 e. The van der Waals surface area contributed by atoms with Crippen molar-refractivity contribution >= 4 is 57.9 Å². The maximum atomic E-state index is 14.1. The molecular weight excluding hydrogens is 427 g/mol. The number of imide groups is 1. The minimum atomic E-state index is -1.06. The summed E-state index contributed by atoms with van der Waals surface area (Å²) in [5.74, 6) is -2.29. The Morgan fingerprint density at radius 3 is 2.69 bits per heavy atom. The molecule has 8 nitrogen and oxygen atoms in total. The first-order valence-corrected chi connectivity index (χ1v) is 9.29. The highest BCUT2D eigenvalue weighted by Gasteiger charge is 2.40. The molecule has 29 heavy (non-hydrogen) atoms. The summed E-state index contributed by atoms with van der Waals surface area (Å²) in [5.41, 5.74) is 5.32. The van der Waals surface area contributed by atoms with Crippen molar-refractivity contribution in [2.75, 3.05) is 25.4 Å². The average Bonchev–Trinajstić information content (AvgIpc) is 3.27. The molecule has 1 aliphatic heterocycles. The average molecular weight is 441 g/mol. The Kier molecular flexibility index (Phi) is 6.16. The fourth-order valence-corrected chi connectivity index (χ4v) is 3.57. The Labute approximate surface area is 173 Å². The molecule has 3 amide bonds. The minimum absolute atomic E-state index is 0.00180. The van der Waals surface area contributed by atoms with E-state index in [4.69, 9.17) is 26.8 Å². The summed E-state index contributed by atoms with van der Waals surface area (Å²) >= 11 is 7.03. The molecular formula is C18H14ClFN2O6S. The molecule has 0 atom stereocenters. The number of nitrogens with zero attached hydrogens (tertiary/aromatic N) is 1. The van der Waals surface area contributed by atoms with Gasteiger partial charge in [-0.05, 0) is 23.6 Å². The van der Waals surface area contributed by atoms with E-state index in [0.717, 1.165) is 12.1 Å². The number of primary amides is 1. The van der Waals surface area contributed by atoms with Crippen LogP contribution in [0.15, 0.2) is 29.6 Å². The van der Waals surface area contributed by atoms with Crippen molar-refractivity contribution in [2.45, 2.75) is 0 Å². The molecule has 152 valence electrons. The predicted octanol–water partition coefficient (Wildman–Crippen LogP) is 3.00. The lowest BCUT2D eigenvalue weighted by molar-refractivity contribution is -0.155. The number of thiophene rings is 1. The number of halogens is 2. The fraction of sp³-hybridized carbons (Fsp3) is 0.167. The number of hydrogen-bond donors (Lipinski definition) is 1. The summed E-state index contributed by atoms with van der Waals surface area (Å²) in [6.07, 6.45) is 0. The Hall–Kier alpha value is -2.95. The van der Waals surface area contributed by atoms with Crippen LogP contribution in [0.2, 0.25) is 5.02 Å². The van der Waals surface area contributed by atoms with Crippen LogP contribution in [-0.2, 0) is 23.8 Å². The lowest BCUT2D eigenvalue weighted by Crippen LogP contribution is -2.38. The van der Waals surface area contributed by atoms with Crippen molar-refractivity contribution in [3.05, 3.63) is 50.9 Å². The number of methoxy groups -OCH3 is 1. The number of ether oxygens (including phenoxy) is 3. The van der Waals surface area contributed by atoms with Gasteiger partial charge in [-0.1, -0.05) is 17.7 Å². The van der Waals surface area contributed by atoms with Gasteiger partial charge in [-0.25, -0.2) is 18.9 Å². The number of fused-ring (bicyclic) bond motifs is 1. The second-order valence-corrected chi connectivity index (χ2v) is 7.01. The summed E-state index contributed by atoms with van der Waals surface area (Å²) in [6.45, 7) is -0.816. The van der Waals surface area contributed by atoms with Gasteiger partial charge in [-0.15, -0.1) is 11.3 Å². The first-order valence-electron chi connectivity index (χ1n) is 8.04. The van der Waals surface area contributed by atoms with Crippen molar-refractivity contribution in [3.63, 3.8) is 0 Å². The number of benzene rings is 1. The highest BCUT2D eigenvalue weighted by molar-refractivity contribution is 7.11. The van der Waals surface area contributed by atoms with Crippen LogP contribution in [-0.4, -0.2) is 38.4 Å². The van der Waals surface area contributed by atoms with Crippen molar-refractivity contribution in [1.29, 1.82) is 0 Å². The zero-order chi connectivity index (χ0) is 21.1. The molecule has 2 N–H and O–H groups in total. The molecule has 0 spiro atoms. The lowest BCUT2D eigenvalue weighted by Gasteiger charge is -2.13. The Morgan fingerprint density at radius 1 is 1.31 bits per heavy atom. The molecule has 0 radical (unpaired) electrons. The molecule has 0 unspecified atom stereocenters. The van der Waals surface area contributed by atoms with Gasteiger partial charge in [0.05, 0.1) is 21.2 Å². The number of carbonyl (C=O) groups excluding carboxylic acids is 3. The molecule has 0 saturated heterocycles. The quantitative estimate of drug-likeness (QED) is 0.320. The van der Waals surface area contributed by atoms with Gasteiger partial charge in [0.15, 0.2) is 5.76 Å². The van der Waals surface area contributed by atoms with Crippen LogP contribution in [0, 0.1) is 5.82 Å². The Balaban J connectivity index is 2.10. The first kappa shape index (κ1) is 20.8. The van der Waals surface area contributed by atoms with Crippen LogP contribution in [0.25, 0.3) is 11.3 Å². The van der Waals surface area contributed by atoms with Crippen LogP contribution >= 0.6 is 22.9 Å². The molecule has 1 aromatic carbocycles. The molecule has 2 aromatic rings. The molecule has 0 aliphatic carbocycles. The number of nitrogens with two attached hydrogens (primary N) is 1. The third-order valence-corrected chi connectivity index (χ3v) is 5.00. The van der Waals surface area contributed by atoms with E-state index in [2.05, 4.69) is 4.74 Å². The molecule has 3 rings (SSSR count). The SMILES string of the molecule is COCC(=O)OCO/C(=C1/C(=O)N(C(N)=O)c2cc(Cl)c(F)cc21)c1cccs1. The highest BCUT2D eigenvalue weighted by atomic mass is 35.5. The predicted molar refractivity (Wildman–Crippen MR) is 104 cm³/mol. The monoisotopic (exact) mass is 440 g/mol. The first-order chi connectivity index (χ1) is 13.8. The molecule has 1 aliphatic rings. The van der Waals surface area contributed by atoms with Crippen LogP contribution in [0.5, 0.6) is 0 Å². The molecule has 1 aromatic heterocycles. The van der Waals surface area contributed by atoms with Crippen molar-refractivity contribution < 1.29 is 33.0 Å². The summed E-state index contributed by atoms with van der Waals surface area (Å²) < 4.78 is 29.2. The number of rotatable bonds is 6. The highest BCUT2D eigenvalue weighted by Crippen LogP contribution is 2.43. The van der Waals surface area contributed by atoms with Gasteiger partial charge >= 0.3 is 12.0 Å². The number of hydrogen-bond acceptors (Lipinski definition) is 7. The van der Waals surface area contributed by atoms with E-state index in [0.29, 0.717) is 9.78 Å². The molecule has 0 bridgehead atoms. The summed E-state index contributed by atoms with van der Waals surface area (Å²) in [4.78, 5) is 37.4. The van der Waals surface area contributed by atoms with E-state index in [9.17, 15) is 18.8 Å². The number of amides is 3. The Morgan fingerprint density at radius 2 is 2.07 bits per heavy atom. The Bertz CT molecular complexity index is 1010. The number of urea groups is 1. The maximum Gasteiger partial charge on any atom is 0.334 e. The second-order valence-electron chi connectivity index (χ2n) is 5.66. The second kappa shape index (κ2) is 8.60. The van der Waals surface area contributed by atoms with E-state index in [1.165, 1.54) is 18.4 Å². The van der Waals surface area contributed by atoms with Gasteiger partial charge < -0.3 is 19.9 Å². The lowest BCUT2D eigenvalue weighted by atomic mass is 10.0. The summed E-state index contributed by atoms with van der Waals surface area (Å²) in [7, 11) is 1.33. The third-order valence-electron chi connectivity index (χ3n) is 3.84. The van der Waals surface area contributed by atoms with Gasteiger partial charge in [0, 0.05) is 12.7 Å². The molecule has 11 heteroatoms. The third kappa shape index (κ3) is 4.09. The van der Waals surface area contributed by atoms with E-state index in [1.807, 2.05) is 0 Å². The van der Waals surface area contributed by atoms with Crippen LogP contribution in [0.1, 0.15) is 10.4 Å². The van der Waals surface area contributed by atoms with E-state index in [1.54, 1.807) is 17.5 Å². The van der Waals surface area contributed by atoms with Crippen molar-refractivity contribution in [3.8, 4) is 0 Å². The molecule has 0 saturated carbocycles. The van der Waals surface area contributed by atoms with Crippen molar-refractivity contribution in [2.24, 2.45) is 5.73 Å². The van der Waals surface area contributed by atoms with Gasteiger partial charge in [-0.3, -0.25) is 4.79 Å². The van der Waals surface area contributed by atoms with Crippen molar-refractivity contribution in [1.82, 2.24) is 0 Å². The number of anilines is 1. The normalized spacial score (nSPS) is 14.6. The van der Waals surface area contributed by atoms with Gasteiger partial charge in [0.1, 0.15) is 12.4 Å². The summed E-state index contributed by atoms with van der Waals surface area (Å²) in [5, 5.41) is 1.45. The smallest absolute Gasteiger partial charge is 0.334 e. The van der Waals surface area contributed by atoms with Crippen LogP contribution < -0.4 is 10.6 Å². The van der Waals surface area contributed by atoms with Gasteiger partial charge in [0.2, 0.25) is 6.79 Å². The maximum absolute atomic E-state index is 14.1. The van der Waals surface area contributed by atoms with Crippen LogP contribution in [0.3, 0.4) is 0 Å². The molecule has 2 heterocycles. The largest absolute Gasteiger partial charge is 0.455 e. The summed E-state index contributed by atoms with van der Waals surface area (Å²) in [6, 6.07) is 4.44. The van der Waals surface area contributed by atoms with Crippen LogP contribution in [0.4, 0.5) is 14.9 Å². The zero-order valence-corrected chi connectivity index (χ0v) is 16.5.